The molecule has 0 aliphatic heterocycles. The molecule has 0 heterocycles. The maximum Gasteiger partial charge on any atom is 0.173 e. The number of rotatable bonds is 5. The highest BCUT2D eigenvalue weighted by atomic mass is 19.1. The Morgan fingerprint density at radius 3 is 2.57 bits per heavy atom. The molecule has 0 saturated heterocycles. The number of ether oxygens (including phenoxy) is 2. The van der Waals surface area contributed by atoms with E-state index in [-0.39, 0.29) is 18.3 Å². The zero-order valence-corrected chi connectivity index (χ0v) is 11.4. The van der Waals surface area contributed by atoms with Gasteiger partial charge in [0.05, 0.1) is 12.7 Å². The van der Waals surface area contributed by atoms with E-state index in [1.54, 1.807) is 30.3 Å². The smallest absolute Gasteiger partial charge is 0.173 e. The molecule has 0 unspecified atom stereocenters. The molecule has 2 aromatic carbocycles. The molecule has 5 nitrogen and oxygen atoms in total. The van der Waals surface area contributed by atoms with Gasteiger partial charge in [0.25, 0.3) is 0 Å². The third kappa shape index (κ3) is 3.62. The number of halogens is 1. The van der Waals surface area contributed by atoms with Crippen LogP contribution in [0.1, 0.15) is 11.1 Å². The Morgan fingerprint density at radius 2 is 1.95 bits per heavy atom. The minimum atomic E-state index is -0.319. The summed E-state index contributed by atoms with van der Waals surface area (Å²) >= 11 is 0. The van der Waals surface area contributed by atoms with Gasteiger partial charge in [-0.25, -0.2) is 4.39 Å². The van der Waals surface area contributed by atoms with E-state index in [9.17, 15) is 4.39 Å². The molecule has 0 aliphatic rings. The van der Waals surface area contributed by atoms with Crippen LogP contribution in [0.2, 0.25) is 0 Å². The first-order chi connectivity index (χ1) is 10.1. The molecule has 0 aromatic heterocycles. The fourth-order valence-corrected chi connectivity index (χ4v) is 1.80. The van der Waals surface area contributed by atoms with E-state index in [1.165, 1.54) is 19.2 Å². The third-order valence-electron chi connectivity index (χ3n) is 2.87. The highest BCUT2D eigenvalue weighted by Gasteiger charge is 2.09. The lowest BCUT2D eigenvalue weighted by Gasteiger charge is -2.11. The van der Waals surface area contributed by atoms with Crippen molar-refractivity contribution in [2.45, 2.75) is 6.61 Å². The lowest BCUT2D eigenvalue weighted by Crippen LogP contribution is -2.15. The second-order valence-corrected chi connectivity index (χ2v) is 4.26. The van der Waals surface area contributed by atoms with Gasteiger partial charge in [0.2, 0.25) is 0 Å². The van der Waals surface area contributed by atoms with Crippen LogP contribution in [0.4, 0.5) is 4.39 Å². The Morgan fingerprint density at radius 1 is 1.24 bits per heavy atom. The van der Waals surface area contributed by atoms with Crippen molar-refractivity contribution in [3.05, 3.63) is 59.4 Å². The largest absolute Gasteiger partial charge is 0.496 e. The summed E-state index contributed by atoms with van der Waals surface area (Å²) in [5, 5.41) is 11.7. The van der Waals surface area contributed by atoms with Crippen molar-refractivity contribution in [1.29, 1.82) is 0 Å². The molecule has 0 saturated carbocycles. The predicted octanol–water partition coefficient (Wildman–Crippen LogP) is 2.51. The van der Waals surface area contributed by atoms with Crippen LogP contribution < -0.4 is 15.2 Å². The van der Waals surface area contributed by atoms with Gasteiger partial charge in [0.15, 0.2) is 5.84 Å². The highest BCUT2D eigenvalue weighted by Crippen LogP contribution is 2.21. The van der Waals surface area contributed by atoms with Crippen LogP contribution >= 0.6 is 0 Å². The standard InChI is InChI=1S/C15H15FN2O3/c1-20-14-7-2-10(8-13(14)15(17)18-19)9-21-12-5-3-11(16)4-6-12/h2-8,19H,9H2,1H3,(H2,17,18). The van der Waals surface area contributed by atoms with Crippen LogP contribution in [0.5, 0.6) is 11.5 Å². The highest BCUT2D eigenvalue weighted by molar-refractivity contribution is 5.99. The van der Waals surface area contributed by atoms with Crippen molar-refractivity contribution in [2.75, 3.05) is 7.11 Å². The molecule has 2 rings (SSSR count). The Balaban J connectivity index is 2.15. The van der Waals surface area contributed by atoms with Gasteiger partial charge < -0.3 is 20.4 Å². The fourth-order valence-electron chi connectivity index (χ4n) is 1.80. The molecule has 0 atom stereocenters. The maximum atomic E-state index is 12.8. The van der Waals surface area contributed by atoms with Crippen LogP contribution in [-0.4, -0.2) is 18.2 Å². The molecule has 0 bridgehead atoms. The number of methoxy groups -OCH3 is 1. The summed E-state index contributed by atoms with van der Waals surface area (Å²) in [5.41, 5.74) is 6.88. The molecular formula is C15H15FN2O3. The lowest BCUT2D eigenvalue weighted by molar-refractivity contribution is 0.305. The molecule has 0 amide bonds. The van der Waals surface area contributed by atoms with E-state index in [0.717, 1.165) is 5.56 Å². The number of oxime groups is 1. The van der Waals surface area contributed by atoms with E-state index in [4.69, 9.17) is 20.4 Å². The summed E-state index contributed by atoms with van der Waals surface area (Å²) in [5.74, 6) is 0.685. The van der Waals surface area contributed by atoms with Crippen LogP contribution in [-0.2, 0) is 6.61 Å². The van der Waals surface area contributed by atoms with Gasteiger partial charge >= 0.3 is 0 Å². The molecule has 0 aliphatic carbocycles. The topological polar surface area (TPSA) is 77.1 Å². The Hall–Kier alpha value is -2.76. The van der Waals surface area contributed by atoms with Gasteiger partial charge in [-0.05, 0) is 42.0 Å². The summed E-state index contributed by atoms with van der Waals surface area (Å²) in [4.78, 5) is 0. The zero-order valence-electron chi connectivity index (χ0n) is 11.4. The van der Waals surface area contributed by atoms with Crippen LogP contribution in [0, 0.1) is 5.82 Å². The van der Waals surface area contributed by atoms with Gasteiger partial charge in [-0.3, -0.25) is 0 Å². The number of hydrogen-bond donors (Lipinski definition) is 2. The van der Waals surface area contributed by atoms with Gasteiger partial charge in [-0.2, -0.15) is 0 Å². The molecular weight excluding hydrogens is 275 g/mol. The Bertz CT molecular complexity index is 642. The lowest BCUT2D eigenvalue weighted by atomic mass is 10.1. The van der Waals surface area contributed by atoms with E-state index in [1.807, 2.05) is 0 Å². The SMILES string of the molecule is COc1ccc(COc2ccc(F)cc2)cc1C(N)=NO. The number of benzene rings is 2. The molecule has 21 heavy (non-hydrogen) atoms. The summed E-state index contributed by atoms with van der Waals surface area (Å²) in [6.45, 7) is 0.265. The average molecular weight is 290 g/mol. The third-order valence-corrected chi connectivity index (χ3v) is 2.87. The number of nitrogens with two attached hydrogens (primary N) is 1. The Kier molecular flexibility index (Phi) is 4.61. The van der Waals surface area contributed by atoms with Gasteiger partial charge in [0.1, 0.15) is 23.9 Å². The minimum Gasteiger partial charge on any atom is -0.496 e. The van der Waals surface area contributed by atoms with E-state index in [0.29, 0.717) is 17.1 Å². The normalized spacial score (nSPS) is 11.2. The second kappa shape index (κ2) is 6.60. The molecule has 2 aromatic rings. The maximum absolute atomic E-state index is 12.8. The molecule has 0 spiro atoms. The van der Waals surface area contributed by atoms with Crippen molar-refractivity contribution in [3.8, 4) is 11.5 Å². The number of nitrogens with zero attached hydrogens (tertiary/aromatic N) is 1. The van der Waals surface area contributed by atoms with Gasteiger partial charge in [0, 0.05) is 0 Å². The zero-order chi connectivity index (χ0) is 15.2. The van der Waals surface area contributed by atoms with Crippen molar-refractivity contribution in [1.82, 2.24) is 0 Å². The molecule has 110 valence electrons. The first-order valence-electron chi connectivity index (χ1n) is 6.17. The monoisotopic (exact) mass is 290 g/mol. The van der Waals surface area contributed by atoms with Crippen molar-refractivity contribution >= 4 is 5.84 Å². The van der Waals surface area contributed by atoms with Crippen LogP contribution in [0.15, 0.2) is 47.6 Å². The van der Waals surface area contributed by atoms with Crippen LogP contribution in [0.25, 0.3) is 0 Å². The summed E-state index contributed by atoms with van der Waals surface area (Å²) < 4.78 is 23.5. The molecule has 6 heteroatoms. The van der Waals surface area contributed by atoms with Crippen molar-refractivity contribution in [3.63, 3.8) is 0 Å². The van der Waals surface area contributed by atoms with E-state index in [2.05, 4.69) is 5.16 Å². The second-order valence-electron chi connectivity index (χ2n) is 4.26. The fraction of sp³-hybridized carbons (Fsp3) is 0.133. The van der Waals surface area contributed by atoms with E-state index >= 15 is 0 Å². The Labute approximate surface area is 121 Å². The predicted molar refractivity (Wildman–Crippen MR) is 76.2 cm³/mol. The van der Waals surface area contributed by atoms with Crippen molar-refractivity contribution < 1.29 is 19.1 Å². The van der Waals surface area contributed by atoms with Crippen molar-refractivity contribution in [2.24, 2.45) is 10.9 Å². The molecule has 0 fully saturated rings. The number of amidine groups is 1. The quantitative estimate of drug-likeness (QED) is 0.384. The summed E-state index contributed by atoms with van der Waals surface area (Å²) in [6, 6.07) is 11.0. The minimum absolute atomic E-state index is 0.0458. The molecule has 0 radical (unpaired) electrons. The van der Waals surface area contributed by atoms with E-state index < -0.39 is 0 Å². The summed E-state index contributed by atoms with van der Waals surface area (Å²) in [7, 11) is 1.50. The number of hydrogen-bond acceptors (Lipinski definition) is 4. The molecule has 3 N–H and O–H groups in total. The van der Waals surface area contributed by atoms with Crippen LogP contribution in [0.3, 0.4) is 0 Å². The van der Waals surface area contributed by atoms with Gasteiger partial charge in [-0.15, -0.1) is 0 Å². The first-order valence-corrected chi connectivity index (χ1v) is 6.17. The first kappa shape index (κ1) is 14.6. The van der Waals surface area contributed by atoms with Gasteiger partial charge in [-0.1, -0.05) is 11.2 Å². The summed E-state index contributed by atoms with van der Waals surface area (Å²) in [6.07, 6.45) is 0. The average Bonchev–Trinajstić information content (AvgIpc) is 2.53.